The molecule has 0 aliphatic heterocycles. The van der Waals surface area contributed by atoms with Crippen LogP contribution in [-0.4, -0.2) is 40.8 Å². The lowest BCUT2D eigenvalue weighted by Gasteiger charge is -2.15. The lowest BCUT2D eigenvalue weighted by atomic mass is 9.97. The standard InChI is InChI=1S/C19H28N6O.HI/c1-2-20-19(21-12-10-15-7-4-3-5-8-15)22-13-11-17-23-18(25-24-17)16-9-6-14-26-16;/h6-7,9,14H,2-5,8,10-13H2,1H3,(H2,20,21,22)(H,23,24,25);1H. The molecule has 0 spiro atoms. The van der Waals surface area contributed by atoms with Crippen molar-refractivity contribution in [2.75, 3.05) is 19.6 Å². The summed E-state index contributed by atoms with van der Waals surface area (Å²) in [5.41, 5.74) is 1.58. The number of rotatable bonds is 8. The van der Waals surface area contributed by atoms with E-state index in [0.29, 0.717) is 24.6 Å². The largest absolute Gasteiger partial charge is 0.461 e. The number of hydrogen-bond acceptors (Lipinski definition) is 4. The summed E-state index contributed by atoms with van der Waals surface area (Å²) in [5, 5.41) is 13.8. The molecule has 1 aliphatic rings. The van der Waals surface area contributed by atoms with E-state index < -0.39 is 0 Å². The maximum Gasteiger partial charge on any atom is 0.216 e. The van der Waals surface area contributed by atoms with Gasteiger partial charge in [0.05, 0.1) is 6.26 Å². The third kappa shape index (κ3) is 7.00. The highest BCUT2D eigenvalue weighted by molar-refractivity contribution is 14.0. The van der Waals surface area contributed by atoms with Crippen molar-refractivity contribution in [3.63, 3.8) is 0 Å². The van der Waals surface area contributed by atoms with Crippen molar-refractivity contribution >= 4 is 29.9 Å². The second-order valence-electron chi connectivity index (χ2n) is 6.38. The van der Waals surface area contributed by atoms with Gasteiger partial charge in [-0.1, -0.05) is 11.6 Å². The number of allylic oxidation sites excluding steroid dienone is 1. The summed E-state index contributed by atoms with van der Waals surface area (Å²) >= 11 is 0. The summed E-state index contributed by atoms with van der Waals surface area (Å²) in [5.74, 6) is 2.92. The molecule has 3 rings (SSSR count). The highest BCUT2D eigenvalue weighted by Crippen LogP contribution is 2.19. The molecule has 0 saturated heterocycles. The molecular weight excluding hydrogens is 455 g/mol. The van der Waals surface area contributed by atoms with E-state index in [2.05, 4.69) is 43.8 Å². The molecule has 0 bridgehead atoms. The van der Waals surface area contributed by atoms with Gasteiger partial charge in [0.25, 0.3) is 0 Å². The van der Waals surface area contributed by atoms with Gasteiger partial charge in [-0.25, -0.2) is 4.98 Å². The molecule has 1 aliphatic carbocycles. The first kappa shape index (κ1) is 21.5. The van der Waals surface area contributed by atoms with Crippen molar-refractivity contribution < 1.29 is 4.42 Å². The van der Waals surface area contributed by atoms with Gasteiger partial charge in [0, 0.05) is 26.1 Å². The van der Waals surface area contributed by atoms with Gasteiger partial charge in [0.15, 0.2) is 11.7 Å². The Bertz CT molecular complexity index is 722. The Hall–Kier alpha value is -1.84. The predicted octanol–water partition coefficient (Wildman–Crippen LogP) is 3.67. The number of aromatic nitrogens is 3. The zero-order valence-corrected chi connectivity index (χ0v) is 18.2. The van der Waals surface area contributed by atoms with Gasteiger partial charge in [0.2, 0.25) is 5.82 Å². The molecule has 148 valence electrons. The van der Waals surface area contributed by atoms with Gasteiger partial charge in [-0.05, 0) is 51.2 Å². The van der Waals surface area contributed by atoms with Crippen LogP contribution in [0.4, 0.5) is 0 Å². The molecule has 0 fully saturated rings. The Morgan fingerprint density at radius 3 is 2.96 bits per heavy atom. The SMILES string of the molecule is CCNC(=NCCc1nc(-c2ccco2)n[nH]1)NCCC1=CCCCC1.I. The smallest absolute Gasteiger partial charge is 0.216 e. The van der Waals surface area contributed by atoms with E-state index in [1.54, 1.807) is 11.8 Å². The predicted molar refractivity (Wildman–Crippen MR) is 118 cm³/mol. The van der Waals surface area contributed by atoms with Crippen LogP contribution in [0.1, 0.15) is 44.9 Å². The molecule has 0 aromatic carbocycles. The van der Waals surface area contributed by atoms with Crippen molar-refractivity contribution in [2.24, 2.45) is 4.99 Å². The Labute approximate surface area is 177 Å². The Kier molecular flexibility index (Phi) is 9.37. The van der Waals surface area contributed by atoms with Crippen molar-refractivity contribution in [1.29, 1.82) is 0 Å². The topological polar surface area (TPSA) is 91.1 Å². The van der Waals surface area contributed by atoms with Crippen LogP contribution in [0.5, 0.6) is 0 Å². The molecule has 7 nitrogen and oxygen atoms in total. The van der Waals surface area contributed by atoms with Crippen LogP contribution in [-0.2, 0) is 6.42 Å². The minimum Gasteiger partial charge on any atom is -0.461 e. The number of nitrogens with one attached hydrogen (secondary N) is 3. The van der Waals surface area contributed by atoms with E-state index in [0.717, 1.165) is 31.3 Å². The van der Waals surface area contributed by atoms with E-state index in [9.17, 15) is 0 Å². The summed E-state index contributed by atoms with van der Waals surface area (Å²) in [4.78, 5) is 9.07. The highest BCUT2D eigenvalue weighted by atomic mass is 127. The Morgan fingerprint density at radius 1 is 1.30 bits per heavy atom. The molecule has 27 heavy (non-hydrogen) atoms. The molecule has 0 unspecified atom stereocenters. The first-order chi connectivity index (χ1) is 12.8. The van der Waals surface area contributed by atoms with E-state index in [1.807, 2.05) is 12.1 Å². The highest BCUT2D eigenvalue weighted by Gasteiger charge is 2.08. The first-order valence-corrected chi connectivity index (χ1v) is 9.50. The number of nitrogens with zero attached hydrogens (tertiary/aromatic N) is 3. The lowest BCUT2D eigenvalue weighted by Crippen LogP contribution is -2.38. The molecule has 2 aromatic heterocycles. The summed E-state index contributed by atoms with van der Waals surface area (Å²) in [7, 11) is 0. The second-order valence-corrected chi connectivity index (χ2v) is 6.38. The normalized spacial score (nSPS) is 14.4. The number of aromatic amines is 1. The van der Waals surface area contributed by atoms with Crippen molar-refractivity contribution in [2.45, 2.75) is 45.4 Å². The van der Waals surface area contributed by atoms with E-state index >= 15 is 0 Å². The van der Waals surface area contributed by atoms with Gasteiger partial charge in [-0.3, -0.25) is 10.1 Å². The molecule has 8 heteroatoms. The van der Waals surface area contributed by atoms with Crippen LogP contribution in [0.2, 0.25) is 0 Å². The van der Waals surface area contributed by atoms with Crippen LogP contribution in [0.15, 0.2) is 39.5 Å². The quantitative estimate of drug-likeness (QED) is 0.230. The van der Waals surface area contributed by atoms with Crippen molar-refractivity contribution in [3.8, 4) is 11.6 Å². The van der Waals surface area contributed by atoms with Crippen LogP contribution < -0.4 is 10.6 Å². The third-order valence-electron chi connectivity index (χ3n) is 4.36. The van der Waals surface area contributed by atoms with Gasteiger partial charge >= 0.3 is 0 Å². The summed E-state index contributed by atoms with van der Waals surface area (Å²) < 4.78 is 5.30. The molecule has 2 aromatic rings. The summed E-state index contributed by atoms with van der Waals surface area (Å²) in [6.45, 7) is 4.49. The maximum absolute atomic E-state index is 5.30. The van der Waals surface area contributed by atoms with Crippen molar-refractivity contribution in [3.05, 3.63) is 35.9 Å². The fourth-order valence-corrected chi connectivity index (χ4v) is 3.01. The Balaban J connectivity index is 0.00000261. The van der Waals surface area contributed by atoms with Gasteiger partial charge in [-0.2, -0.15) is 5.10 Å². The number of furan rings is 1. The first-order valence-electron chi connectivity index (χ1n) is 9.50. The van der Waals surface area contributed by atoms with Gasteiger partial charge < -0.3 is 15.1 Å². The molecule has 2 heterocycles. The zero-order chi connectivity index (χ0) is 18.0. The fraction of sp³-hybridized carbons (Fsp3) is 0.526. The van der Waals surface area contributed by atoms with E-state index in [4.69, 9.17) is 4.42 Å². The van der Waals surface area contributed by atoms with Gasteiger partial charge in [0.1, 0.15) is 5.82 Å². The number of guanidine groups is 1. The monoisotopic (exact) mass is 484 g/mol. The molecule has 0 amide bonds. The maximum atomic E-state index is 5.30. The van der Waals surface area contributed by atoms with Crippen LogP contribution in [0.3, 0.4) is 0 Å². The lowest BCUT2D eigenvalue weighted by molar-refractivity contribution is 0.577. The minimum absolute atomic E-state index is 0. The van der Waals surface area contributed by atoms with Crippen LogP contribution in [0.25, 0.3) is 11.6 Å². The summed E-state index contributed by atoms with van der Waals surface area (Å²) in [6.07, 6.45) is 11.0. The van der Waals surface area contributed by atoms with Crippen LogP contribution in [0, 0.1) is 0 Å². The van der Waals surface area contributed by atoms with Gasteiger partial charge in [-0.15, -0.1) is 24.0 Å². The third-order valence-corrected chi connectivity index (χ3v) is 4.36. The molecule has 0 radical (unpaired) electrons. The van der Waals surface area contributed by atoms with E-state index in [1.165, 1.54) is 25.7 Å². The Morgan fingerprint density at radius 2 is 2.22 bits per heavy atom. The molecular formula is C19H29IN6O. The van der Waals surface area contributed by atoms with E-state index in [-0.39, 0.29) is 24.0 Å². The average Bonchev–Trinajstić information content (AvgIpc) is 3.34. The van der Waals surface area contributed by atoms with Crippen molar-refractivity contribution in [1.82, 2.24) is 25.8 Å². The number of aliphatic imine (C=N–C) groups is 1. The average molecular weight is 484 g/mol. The summed E-state index contributed by atoms with van der Waals surface area (Å²) in [6, 6.07) is 3.67. The molecule has 0 saturated carbocycles. The zero-order valence-electron chi connectivity index (χ0n) is 15.8. The minimum atomic E-state index is 0. The molecule has 3 N–H and O–H groups in total. The number of hydrogen-bond donors (Lipinski definition) is 3. The fourth-order valence-electron chi connectivity index (χ4n) is 3.01. The number of H-pyrrole nitrogens is 1. The second kappa shape index (κ2) is 11.8. The number of halogens is 1. The van der Waals surface area contributed by atoms with Crippen LogP contribution >= 0.6 is 24.0 Å². The molecule has 0 atom stereocenters.